The van der Waals surface area contributed by atoms with Crippen LogP contribution in [0, 0.1) is 11.6 Å². The van der Waals surface area contributed by atoms with E-state index in [-0.39, 0.29) is 11.5 Å². The van der Waals surface area contributed by atoms with Crippen LogP contribution in [0.1, 0.15) is 48.3 Å². The molecule has 0 bridgehead atoms. The monoisotopic (exact) mass is 562 g/mol. The van der Waals surface area contributed by atoms with Crippen molar-refractivity contribution in [3.63, 3.8) is 0 Å². The molecule has 1 aliphatic carbocycles. The van der Waals surface area contributed by atoms with Gasteiger partial charge in [-0.3, -0.25) is 0 Å². The zero-order valence-corrected chi connectivity index (χ0v) is 23.1. The smallest absolute Gasteiger partial charge is 0.166 e. The zero-order valence-electron chi connectivity index (χ0n) is 23.1. The quantitative estimate of drug-likeness (QED) is 0.194. The van der Waals surface area contributed by atoms with E-state index in [1.807, 2.05) is 18.2 Å². The second kappa shape index (κ2) is 11.6. The molecule has 6 rings (SSSR count). The van der Waals surface area contributed by atoms with E-state index in [2.05, 4.69) is 24.3 Å². The standard InChI is InChI=1S/C36H32F2N2O2/c37-32-22-26(6-16-34(32)41-30-12-8-28(39)9-13-30)36(20-18-25(19-21-36)24-4-2-1-3-5-24)27-7-17-35(33(38)23-27)42-31-14-10-29(40)11-15-31/h1-17,22-23,25H,18-21,39-40H2. The van der Waals surface area contributed by atoms with E-state index < -0.39 is 17.0 Å². The van der Waals surface area contributed by atoms with Crippen molar-refractivity contribution >= 4 is 11.4 Å². The van der Waals surface area contributed by atoms with Crippen LogP contribution in [0.2, 0.25) is 0 Å². The van der Waals surface area contributed by atoms with Gasteiger partial charge in [0, 0.05) is 16.8 Å². The lowest BCUT2D eigenvalue weighted by Gasteiger charge is -2.41. The number of rotatable bonds is 7. The van der Waals surface area contributed by atoms with Gasteiger partial charge in [0.15, 0.2) is 23.1 Å². The number of nitrogens with two attached hydrogens (primary N) is 2. The molecule has 1 fully saturated rings. The Hall–Kier alpha value is -4.84. The molecule has 42 heavy (non-hydrogen) atoms. The maximum absolute atomic E-state index is 15.6. The van der Waals surface area contributed by atoms with Gasteiger partial charge in [0.05, 0.1) is 0 Å². The fourth-order valence-electron chi connectivity index (χ4n) is 6.00. The predicted molar refractivity (Wildman–Crippen MR) is 163 cm³/mol. The molecule has 4 N–H and O–H groups in total. The van der Waals surface area contributed by atoms with Gasteiger partial charge in [-0.15, -0.1) is 0 Å². The number of hydrogen-bond donors (Lipinski definition) is 2. The van der Waals surface area contributed by atoms with E-state index in [1.54, 1.807) is 60.7 Å². The summed E-state index contributed by atoms with van der Waals surface area (Å²) in [6, 6.07) is 34.2. The van der Waals surface area contributed by atoms with Crippen LogP contribution in [-0.4, -0.2) is 0 Å². The third kappa shape index (κ3) is 5.66. The Balaban J connectivity index is 1.33. The molecule has 4 nitrogen and oxygen atoms in total. The minimum Gasteiger partial charge on any atom is -0.454 e. The van der Waals surface area contributed by atoms with Crippen LogP contribution < -0.4 is 20.9 Å². The average Bonchev–Trinajstić information content (AvgIpc) is 3.02. The average molecular weight is 563 g/mol. The van der Waals surface area contributed by atoms with Gasteiger partial charge in [0.2, 0.25) is 0 Å². The molecule has 0 amide bonds. The minimum atomic E-state index is -0.577. The maximum Gasteiger partial charge on any atom is 0.166 e. The Morgan fingerprint density at radius 2 is 1.02 bits per heavy atom. The van der Waals surface area contributed by atoms with Gasteiger partial charge in [-0.1, -0.05) is 42.5 Å². The van der Waals surface area contributed by atoms with Crippen molar-refractivity contribution < 1.29 is 18.3 Å². The summed E-state index contributed by atoms with van der Waals surface area (Å²) in [6.45, 7) is 0. The van der Waals surface area contributed by atoms with E-state index in [1.165, 1.54) is 17.7 Å². The summed E-state index contributed by atoms with van der Waals surface area (Å²) >= 11 is 0. The van der Waals surface area contributed by atoms with Crippen LogP contribution in [-0.2, 0) is 5.41 Å². The summed E-state index contributed by atoms with van der Waals surface area (Å²) < 4.78 is 42.7. The first kappa shape index (κ1) is 27.3. The Kier molecular flexibility index (Phi) is 7.53. The molecule has 1 aliphatic rings. The normalized spacial score (nSPS) is 14.8. The molecule has 6 heteroatoms. The largest absolute Gasteiger partial charge is 0.454 e. The summed E-state index contributed by atoms with van der Waals surface area (Å²) in [7, 11) is 0. The number of nitrogen functional groups attached to an aromatic ring is 2. The van der Waals surface area contributed by atoms with Gasteiger partial charge in [0.1, 0.15) is 11.5 Å². The summed E-state index contributed by atoms with van der Waals surface area (Å²) in [5, 5.41) is 0. The summed E-state index contributed by atoms with van der Waals surface area (Å²) in [5.41, 5.74) is 15.0. The molecular formula is C36H32F2N2O2. The van der Waals surface area contributed by atoms with Gasteiger partial charge >= 0.3 is 0 Å². The molecule has 0 atom stereocenters. The number of hydrogen-bond acceptors (Lipinski definition) is 4. The zero-order chi connectivity index (χ0) is 29.1. The van der Waals surface area contributed by atoms with Crippen LogP contribution in [0.15, 0.2) is 115 Å². The molecular weight excluding hydrogens is 530 g/mol. The van der Waals surface area contributed by atoms with Crippen LogP contribution >= 0.6 is 0 Å². The molecule has 5 aromatic rings. The lowest BCUT2D eigenvalue weighted by Crippen LogP contribution is -2.33. The van der Waals surface area contributed by atoms with Crippen LogP contribution in [0.5, 0.6) is 23.0 Å². The Labute approximate surface area is 244 Å². The van der Waals surface area contributed by atoms with E-state index in [4.69, 9.17) is 20.9 Å². The van der Waals surface area contributed by atoms with E-state index in [9.17, 15) is 0 Å². The van der Waals surface area contributed by atoms with Gasteiger partial charge < -0.3 is 20.9 Å². The molecule has 0 heterocycles. The number of anilines is 2. The number of halogens is 2. The van der Waals surface area contributed by atoms with Crippen LogP contribution in [0.25, 0.3) is 0 Å². The van der Waals surface area contributed by atoms with Crippen LogP contribution in [0.3, 0.4) is 0 Å². The van der Waals surface area contributed by atoms with Crippen LogP contribution in [0.4, 0.5) is 20.2 Å². The summed E-state index contributed by atoms with van der Waals surface area (Å²) in [4.78, 5) is 0. The molecule has 0 aliphatic heterocycles. The molecule has 0 saturated heterocycles. The fourth-order valence-corrected chi connectivity index (χ4v) is 6.00. The lowest BCUT2D eigenvalue weighted by molar-refractivity contribution is 0.312. The van der Waals surface area contributed by atoms with E-state index in [0.717, 1.165) is 36.8 Å². The molecule has 5 aromatic carbocycles. The summed E-state index contributed by atoms with van der Waals surface area (Å²) in [6.07, 6.45) is 3.25. The molecule has 0 radical (unpaired) electrons. The highest BCUT2D eigenvalue weighted by Crippen LogP contribution is 2.50. The second-order valence-electron chi connectivity index (χ2n) is 10.9. The number of benzene rings is 5. The van der Waals surface area contributed by atoms with Crippen molar-refractivity contribution in [3.8, 4) is 23.0 Å². The fraction of sp³-hybridized carbons (Fsp3) is 0.167. The Morgan fingerprint density at radius 1 is 0.571 bits per heavy atom. The van der Waals surface area contributed by atoms with E-state index >= 15 is 8.78 Å². The number of ether oxygens (including phenoxy) is 2. The molecule has 0 aromatic heterocycles. The predicted octanol–water partition coefficient (Wildman–Crippen LogP) is 9.36. The molecule has 212 valence electrons. The maximum atomic E-state index is 15.6. The van der Waals surface area contributed by atoms with E-state index in [0.29, 0.717) is 28.8 Å². The van der Waals surface area contributed by atoms with Crippen molar-refractivity contribution in [1.82, 2.24) is 0 Å². The SMILES string of the molecule is Nc1ccc(Oc2ccc(C3(c4ccc(Oc5ccc(N)cc5)c(F)c4)CCC(c4ccccc4)CC3)cc2F)cc1. The first-order valence-electron chi connectivity index (χ1n) is 14.1. The molecule has 0 unspecified atom stereocenters. The second-order valence-corrected chi connectivity index (χ2v) is 10.9. The van der Waals surface area contributed by atoms with Crippen molar-refractivity contribution in [2.45, 2.75) is 37.0 Å². The lowest BCUT2D eigenvalue weighted by atomic mass is 9.62. The first-order chi connectivity index (χ1) is 20.4. The Bertz CT molecular complexity index is 1570. The van der Waals surface area contributed by atoms with Crippen molar-refractivity contribution in [1.29, 1.82) is 0 Å². The summed E-state index contributed by atoms with van der Waals surface area (Å²) in [5.74, 6) is 0.663. The van der Waals surface area contributed by atoms with Crippen molar-refractivity contribution in [2.75, 3.05) is 11.5 Å². The van der Waals surface area contributed by atoms with Crippen molar-refractivity contribution in [3.05, 3.63) is 144 Å². The Morgan fingerprint density at radius 3 is 1.45 bits per heavy atom. The van der Waals surface area contributed by atoms with Gasteiger partial charge in [-0.05, 0) is 121 Å². The minimum absolute atomic E-state index is 0.120. The van der Waals surface area contributed by atoms with Gasteiger partial charge in [-0.25, -0.2) is 8.78 Å². The molecule has 0 spiro atoms. The highest BCUT2D eigenvalue weighted by atomic mass is 19.1. The molecule has 1 saturated carbocycles. The third-order valence-electron chi connectivity index (χ3n) is 8.29. The topological polar surface area (TPSA) is 70.5 Å². The highest BCUT2D eigenvalue weighted by Gasteiger charge is 2.40. The highest BCUT2D eigenvalue weighted by molar-refractivity contribution is 5.48. The van der Waals surface area contributed by atoms with Gasteiger partial charge in [-0.2, -0.15) is 0 Å². The third-order valence-corrected chi connectivity index (χ3v) is 8.29. The first-order valence-corrected chi connectivity index (χ1v) is 14.1. The van der Waals surface area contributed by atoms with Gasteiger partial charge in [0.25, 0.3) is 0 Å². The van der Waals surface area contributed by atoms with Crippen molar-refractivity contribution in [2.24, 2.45) is 0 Å².